The highest BCUT2D eigenvalue weighted by molar-refractivity contribution is 5.30. The van der Waals surface area contributed by atoms with E-state index in [2.05, 4.69) is 35.9 Å². The monoisotopic (exact) mass is 418 g/mol. The summed E-state index contributed by atoms with van der Waals surface area (Å²) in [6.07, 6.45) is 7.85. The predicted molar refractivity (Wildman–Crippen MR) is 116 cm³/mol. The molecule has 4 heteroatoms. The molecule has 1 saturated carbocycles. The first-order valence-corrected chi connectivity index (χ1v) is 11.4. The number of hydrogen-bond acceptors (Lipinski definition) is 1. The molecule has 1 nitrogen and oxygen atoms in total. The minimum absolute atomic E-state index is 0.171. The lowest BCUT2D eigenvalue weighted by atomic mass is 9.77. The van der Waals surface area contributed by atoms with E-state index in [1.54, 1.807) is 12.1 Å². The first-order chi connectivity index (χ1) is 14.4. The van der Waals surface area contributed by atoms with Crippen LogP contribution < -0.4 is 4.74 Å². The molecule has 0 radical (unpaired) electrons. The van der Waals surface area contributed by atoms with Crippen LogP contribution in [0.3, 0.4) is 0 Å². The van der Waals surface area contributed by atoms with E-state index in [-0.39, 0.29) is 5.75 Å². The van der Waals surface area contributed by atoms with Gasteiger partial charge in [0, 0.05) is 0 Å². The number of benzene rings is 2. The molecule has 1 fully saturated rings. The Kier molecular flexibility index (Phi) is 8.24. The van der Waals surface area contributed by atoms with Crippen LogP contribution >= 0.6 is 0 Å². The third kappa shape index (κ3) is 7.37. The maximum atomic E-state index is 12.2. The van der Waals surface area contributed by atoms with E-state index in [0.29, 0.717) is 5.92 Å². The minimum Gasteiger partial charge on any atom is -0.406 e. The molecule has 0 bridgehead atoms. The molecule has 0 heterocycles. The third-order valence-electron chi connectivity index (χ3n) is 6.37. The Morgan fingerprint density at radius 3 is 1.90 bits per heavy atom. The van der Waals surface area contributed by atoms with Gasteiger partial charge in [-0.1, -0.05) is 69.0 Å². The lowest BCUT2D eigenvalue weighted by molar-refractivity contribution is -0.274. The van der Waals surface area contributed by atoms with Gasteiger partial charge in [0.05, 0.1) is 0 Å². The van der Waals surface area contributed by atoms with Gasteiger partial charge < -0.3 is 4.74 Å². The highest BCUT2D eigenvalue weighted by Gasteiger charge is 2.30. The van der Waals surface area contributed by atoms with Gasteiger partial charge in [-0.2, -0.15) is 0 Å². The summed E-state index contributed by atoms with van der Waals surface area (Å²) in [6, 6.07) is 15.1. The number of hydrogen-bond donors (Lipinski definition) is 0. The molecule has 164 valence electrons. The molecule has 0 unspecified atom stereocenters. The summed E-state index contributed by atoms with van der Waals surface area (Å²) in [5.41, 5.74) is 3.73. The molecule has 2 aromatic carbocycles. The van der Waals surface area contributed by atoms with Crippen LogP contribution in [0, 0.1) is 5.92 Å². The Bertz CT molecular complexity index is 741. The molecule has 30 heavy (non-hydrogen) atoms. The quantitative estimate of drug-likeness (QED) is 0.373. The number of aryl methyl sites for hydroxylation is 2. The third-order valence-corrected chi connectivity index (χ3v) is 6.37. The number of ether oxygens (including phenoxy) is 1. The standard InChI is InChI=1S/C26H33F3O/c1-2-3-4-5-20-8-14-23(15-9-20)24-16-10-21(11-17-24)6-7-22-12-18-25(19-13-22)30-26(27,28)29/h10-13,16-20,23H,2-9,14-15H2,1H3/t20-,23-. The lowest BCUT2D eigenvalue weighted by Crippen LogP contribution is -2.17. The van der Waals surface area contributed by atoms with Crippen molar-refractivity contribution >= 4 is 0 Å². The van der Waals surface area contributed by atoms with Crippen LogP contribution in [0.15, 0.2) is 48.5 Å². The van der Waals surface area contributed by atoms with Crippen LogP contribution in [0.25, 0.3) is 0 Å². The van der Waals surface area contributed by atoms with Crippen LogP contribution in [0.5, 0.6) is 5.75 Å². The Morgan fingerprint density at radius 1 is 0.800 bits per heavy atom. The SMILES string of the molecule is CCCCC[C@H]1CC[C@H](c2ccc(CCc3ccc(OC(F)(F)F)cc3)cc2)CC1. The second kappa shape index (κ2) is 10.9. The van der Waals surface area contributed by atoms with Gasteiger partial charge >= 0.3 is 6.36 Å². The van der Waals surface area contributed by atoms with E-state index in [1.807, 2.05) is 0 Å². The zero-order chi connectivity index (χ0) is 21.4. The van der Waals surface area contributed by atoms with Gasteiger partial charge in [-0.05, 0) is 79.2 Å². The Labute approximate surface area is 178 Å². The first kappa shape index (κ1) is 22.7. The van der Waals surface area contributed by atoms with Gasteiger partial charge in [-0.15, -0.1) is 13.2 Å². The molecule has 0 amide bonds. The number of unbranched alkanes of at least 4 members (excludes halogenated alkanes) is 2. The topological polar surface area (TPSA) is 9.23 Å². The van der Waals surface area contributed by atoms with E-state index in [1.165, 1.54) is 74.6 Å². The summed E-state index contributed by atoms with van der Waals surface area (Å²) in [4.78, 5) is 0. The van der Waals surface area contributed by atoms with Crippen molar-refractivity contribution in [1.82, 2.24) is 0 Å². The number of halogens is 3. The van der Waals surface area contributed by atoms with Crippen LogP contribution in [-0.4, -0.2) is 6.36 Å². The fourth-order valence-electron chi connectivity index (χ4n) is 4.57. The molecule has 0 atom stereocenters. The lowest BCUT2D eigenvalue weighted by Gasteiger charge is -2.29. The first-order valence-electron chi connectivity index (χ1n) is 11.4. The van der Waals surface area contributed by atoms with Crippen molar-refractivity contribution < 1.29 is 17.9 Å². The zero-order valence-electron chi connectivity index (χ0n) is 17.9. The normalized spacial score (nSPS) is 19.6. The fourth-order valence-corrected chi connectivity index (χ4v) is 4.57. The maximum Gasteiger partial charge on any atom is 0.573 e. The molecule has 1 aliphatic rings. The van der Waals surface area contributed by atoms with E-state index in [0.717, 1.165) is 24.3 Å². The van der Waals surface area contributed by atoms with Crippen molar-refractivity contribution in [2.45, 2.75) is 83.4 Å². The summed E-state index contributed by atoms with van der Waals surface area (Å²) >= 11 is 0. The van der Waals surface area contributed by atoms with Crippen LogP contribution in [0.1, 0.15) is 80.9 Å². The molecule has 0 N–H and O–H groups in total. The van der Waals surface area contributed by atoms with Gasteiger partial charge in [0.2, 0.25) is 0 Å². The van der Waals surface area contributed by atoms with Gasteiger partial charge in [-0.3, -0.25) is 0 Å². The van der Waals surface area contributed by atoms with E-state index < -0.39 is 6.36 Å². The van der Waals surface area contributed by atoms with Crippen LogP contribution in [0.4, 0.5) is 13.2 Å². The summed E-state index contributed by atoms with van der Waals surface area (Å²) < 4.78 is 40.6. The fraction of sp³-hybridized carbons (Fsp3) is 0.538. The molecule has 3 rings (SSSR count). The zero-order valence-corrected chi connectivity index (χ0v) is 17.9. The minimum atomic E-state index is -4.64. The second-order valence-electron chi connectivity index (χ2n) is 8.65. The summed E-state index contributed by atoms with van der Waals surface area (Å²) in [6.45, 7) is 2.27. The van der Waals surface area contributed by atoms with Gasteiger partial charge in [0.1, 0.15) is 5.75 Å². The molecule has 0 aromatic heterocycles. The van der Waals surface area contributed by atoms with E-state index in [4.69, 9.17) is 0 Å². The number of rotatable bonds is 9. The predicted octanol–water partition coefficient (Wildman–Crippen LogP) is 8.22. The van der Waals surface area contributed by atoms with Crippen molar-refractivity contribution in [2.75, 3.05) is 0 Å². The molecule has 0 saturated heterocycles. The van der Waals surface area contributed by atoms with Gasteiger partial charge in [0.25, 0.3) is 0 Å². The molecular weight excluding hydrogens is 385 g/mol. The largest absolute Gasteiger partial charge is 0.573 e. The van der Waals surface area contributed by atoms with Gasteiger partial charge in [0.15, 0.2) is 0 Å². The second-order valence-corrected chi connectivity index (χ2v) is 8.65. The maximum absolute atomic E-state index is 12.2. The summed E-state index contributed by atoms with van der Waals surface area (Å²) in [5.74, 6) is 1.46. The molecule has 2 aromatic rings. The van der Waals surface area contributed by atoms with Crippen LogP contribution in [-0.2, 0) is 12.8 Å². The molecule has 1 aliphatic carbocycles. The van der Waals surface area contributed by atoms with E-state index >= 15 is 0 Å². The average Bonchev–Trinajstić information content (AvgIpc) is 2.73. The molecule has 0 aliphatic heterocycles. The number of alkyl halides is 3. The van der Waals surface area contributed by atoms with E-state index in [9.17, 15) is 13.2 Å². The van der Waals surface area contributed by atoms with Crippen molar-refractivity contribution in [3.8, 4) is 5.75 Å². The highest BCUT2D eigenvalue weighted by atomic mass is 19.4. The summed E-state index contributed by atoms with van der Waals surface area (Å²) in [7, 11) is 0. The Morgan fingerprint density at radius 2 is 1.37 bits per heavy atom. The van der Waals surface area contributed by atoms with Crippen molar-refractivity contribution in [2.24, 2.45) is 5.92 Å². The average molecular weight is 419 g/mol. The van der Waals surface area contributed by atoms with Crippen LogP contribution in [0.2, 0.25) is 0 Å². The smallest absolute Gasteiger partial charge is 0.406 e. The Hall–Kier alpha value is -1.97. The van der Waals surface area contributed by atoms with Crippen molar-refractivity contribution in [3.63, 3.8) is 0 Å². The highest BCUT2D eigenvalue weighted by Crippen LogP contribution is 2.37. The Balaban J connectivity index is 1.44. The van der Waals surface area contributed by atoms with Gasteiger partial charge in [-0.25, -0.2) is 0 Å². The van der Waals surface area contributed by atoms with Crippen molar-refractivity contribution in [3.05, 3.63) is 65.2 Å². The van der Waals surface area contributed by atoms with Crippen molar-refractivity contribution in [1.29, 1.82) is 0 Å². The molecule has 0 spiro atoms. The summed E-state index contributed by atoms with van der Waals surface area (Å²) in [5, 5.41) is 0. The molecular formula is C26H33F3O.